The number of likely N-dealkylation sites (tertiary alicyclic amines) is 1. The quantitative estimate of drug-likeness (QED) is 0.668. The molecule has 0 aromatic rings. The zero-order chi connectivity index (χ0) is 11.5. The molecule has 0 radical (unpaired) electrons. The molecule has 2 aliphatic heterocycles. The van der Waals surface area contributed by atoms with Crippen LogP contribution in [0.3, 0.4) is 0 Å². The van der Waals surface area contributed by atoms with Gasteiger partial charge in [-0.25, -0.2) is 0 Å². The highest BCUT2D eigenvalue weighted by Crippen LogP contribution is 2.21. The minimum atomic E-state index is -0.301. The van der Waals surface area contributed by atoms with Gasteiger partial charge in [0, 0.05) is 13.0 Å². The van der Waals surface area contributed by atoms with Gasteiger partial charge in [0.15, 0.2) is 0 Å². The van der Waals surface area contributed by atoms with Gasteiger partial charge in [-0.1, -0.05) is 0 Å². The zero-order valence-electron chi connectivity index (χ0n) is 9.57. The fraction of sp³-hybridized carbons (Fsp3) is 0.818. The minimum Gasteiger partial charge on any atom is -0.460 e. The molecule has 0 aromatic heterocycles. The number of ether oxygens (including phenoxy) is 1. The number of hydrogen-bond donors (Lipinski definition) is 1. The molecule has 2 rings (SSSR count). The molecule has 90 valence electrons. The van der Waals surface area contributed by atoms with Crippen LogP contribution in [0.4, 0.5) is 0 Å². The van der Waals surface area contributed by atoms with Crippen molar-refractivity contribution in [3.05, 3.63) is 0 Å². The van der Waals surface area contributed by atoms with E-state index in [1.807, 2.05) is 4.90 Å². The number of amides is 1. The first-order valence-electron chi connectivity index (χ1n) is 5.84. The highest BCUT2D eigenvalue weighted by molar-refractivity contribution is 5.80. The predicted molar refractivity (Wildman–Crippen MR) is 57.8 cm³/mol. The SMILES string of the molecule is CC(=O)O[C@@H]1CC(=O)N(C2CCNCC2)C1. The highest BCUT2D eigenvalue weighted by atomic mass is 16.5. The minimum absolute atomic E-state index is 0.123. The van der Waals surface area contributed by atoms with Crippen LogP contribution in [0.1, 0.15) is 26.2 Å². The van der Waals surface area contributed by atoms with E-state index in [0.717, 1.165) is 25.9 Å². The number of nitrogens with one attached hydrogen (secondary N) is 1. The lowest BCUT2D eigenvalue weighted by Gasteiger charge is -2.31. The van der Waals surface area contributed by atoms with Gasteiger partial charge in [0.2, 0.25) is 5.91 Å². The van der Waals surface area contributed by atoms with Gasteiger partial charge in [-0.05, 0) is 25.9 Å². The van der Waals surface area contributed by atoms with Crippen LogP contribution in [0, 0.1) is 0 Å². The van der Waals surface area contributed by atoms with Crippen LogP contribution in [0.25, 0.3) is 0 Å². The monoisotopic (exact) mass is 226 g/mol. The number of nitrogens with zero attached hydrogens (tertiary/aromatic N) is 1. The molecule has 1 atom stereocenters. The fourth-order valence-electron chi connectivity index (χ4n) is 2.48. The Labute approximate surface area is 95.1 Å². The Morgan fingerprint density at radius 1 is 1.44 bits per heavy atom. The van der Waals surface area contributed by atoms with E-state index >= 15 is 0 Å². The van der Waals surface area contributed by atoms with Crippen molar-refractivity contribution in [1.29, 1.82) is 0 Å². The summed E-state index contributed by atoms with van der Waals surface area (Å²) in [5.41, 5.74) is 0. The average Bonchev–Trinajstić information content (AvgIpc) is 2.60. The Morgan fingerprint density at radius 3 is 2.75 bits per heavy atom. The second-order valence-corrected chi connectivity index (χ2v) is 4.46. The topological polar surface area (TPSA) is 58.6 Å². The molecule has 2 heterocycles. The smallest absolute Gasteiger partial charge is 0.302 e. The third-order valence-corrected chi connectivity index (χ3v) is 3.21. The molecule has 0 bridgehead atoms. The molecule has 1 amide bonds. The summed E-state index contributed by atoms with van der Waals surface area (Å²) in [6, 6.07) is 0.328. The first-order valence-corrected chi connectivity index (χ1v) is 5.84. The Balaban J connectivity index is 1.90. The largest absolute Gasteiger partial charge is 0.460 e. The van der Waals surface area contributed by atoms with Crippen molar-refractivity contribution < 1.29 is 14.3 Å². The van der Waals surface area contributed by atoms with Crippen molar-refractivity contribution in [3.8, 4) is 0 Å². The molecule has 0 saturated carbocycles. The third kappa shape index (κ3) is 2.52. The van der Waals surface area contributed by atoms with Gasteiger partial charge in [0.1, 0.15) is 6.10 Å². The van der Waals surface area contributed by atoms with Gasteiger partial charge in [0.25, 0.3) is 0 Å². The maximum atomic E-state index is 11.8. The van der Waals surface area contributed by atoms with Gasteiger partial charge in [-0.2, -0.15) is 0 Å². The lowest BCUT2D eigenvalue weighted by Crippen LogP contribution is -2.44. The van der Waals surface area contributed by atoms with Crippen molar-refractivity contribution in [2.75, 3.05) is 19.6 Å². The normalized spacial score (nSPS) is 27.2. The first kappa shape index (κ1) is 11.4. The van der Waals surface area contributed by atoms with Crippen molar-refractivity contribution in [2.24, 2.45) is 0 Å². The van der Waals surface area contributed by atoms with Crippen LogP contribution < -0.4 is 5.32 Å². The lowest BCUT2D eigenvalue weighted by molar-refractivity contribution is -0.145. The molecule has 0 aliphatic carbocycles. The molecule has 2 fully saturated rings. The standard InChI is InChI=1S/C11H18N2O3/c1-8(14)16-10-6-11(15)13(7-10)9-2-4-12-5-3-9/h9-10,12H,2-7H2,1H3/t10-/m1/s1. The molecule has 5 heteroatoms. The van der Waals surface area contributed by atoms with E-state index in [0.29, 0.717) is 19.0 Å². The van der Waals surface area contributed by atoms with Crippen molar-refractivity contribution in [1.82, 2.24) is 10.2 Å². The molecule has 1 N–H and O–H groups in total. The van der Waals surface area contributed by atoms with Crippen LogP contribution in [0.2, 0.25) is 0 Å². The third-order valence-electron chi connectivity index (χ3n) is 3.21. The van der Waals surface area contributed by atoms with Gasteiger partial charge in [-0.3, -0.25) is 9.59 Å². The zero-order valence-corrected chi connectivity index (χ0v) is 9.57. The molecule has 2 aliphatic rings. The summed E-state index contributed by atoms with van der Waals surface area (Å²) in [5.74, 6) is -0.178. The summed E-state index contributed by atoms with van der Waals surface area (Å²) >= 11 is 0. The summed E-state index contributed by atoms with van der Waals surface area (Å²) in [7, 11) is 0. The van der Waals surface area contributed by atoms with E-state index in [2.05, 4.69) is 5.32 Å². The molecule has 2 saturated heterocycles. The van der Waals surface area contributed by atoms with E-state index in [4.69, 9.17) is 4.74 Å². The van der Waals surface area contributed by atoms with Crippen LogP contribution in [0.5, 0.6) is 0 Å². The van der Waals surface area contributed by atoms with E-state index in [1.165, 1.54) is 6.92 Å². The van der Waals surface area contributed by atoms with E-state index in [1.54, 1.807) is 0 Å². The number of esters is 1. The van der Waals surface area contributed by atoms with Gasteiger partial charge in [0.05, 0.1) is 13.0 Å². The van der Waals surface area contributed by atoms with E-state index in [9.17, 15) is 9.59 Å². The maximum absolute atomic E-state index is 11.8. The molecule has 0 aromatic carbocycles. The maximum Gasteiger partial charge on any atom is 0.302 e. The second kappa shape index (κ2) is 4.82. The molecule has 16 heavy (non-hydrogen) atoms. The fourth-order valence-corrected chi connectivity index (χ4v) is 2.48. The molecular weight excluding hydrogens is 208 g/mol. The molecule has 0 unspecified atom stereocenters. The van der Waals surface area contributed by atoms with E-state index < -0.39 is 0 Å². The summed E-state index contributed by atoms with van der Waals surface area (Å²) in [5, 5.41) is 3.27. The van der Waals surface area contributed by atoms with Crippen molar-refractivity contribution in [2.45, 2.75) is 38.3 Å². The summed E-state index contributed by atoms with van der Waals surface area (Å²) in [6.07, 6.45) is 2.11. The summed E-state index contributed by atoms with van der Waals surface area (Å²) < 4.78 is 5.09. The van der Waals surface area contributed by atoms with Gasteiger partial charge in [-0.15, -0.1) is 0 Å². The summed E-state index contributed by atoms with van der Waals surface area (Å²) in [6.45, 7) is 3.89. The molecule has 5 nitrogen and oxygen atoms in total. The van der Waals surface area contributed by atoms with Crippen LogP contribution in [-0.4, -0.2) is 48.6 Å². The van der Waals surface area contributed by atoms with E-state index in [-0.39, 0.29) is 18.0 Å². The number of hydrogen-bond acceptors (Lipinski definition) is 4. The average molecular weight is 226 g/mol. The van der Waals surface area contributed by atoms with Crippen LogP contribution >= 0.6 is 0 Å². The van der Waals surface area contributed by atoms with Gasteiger partial charge >= 0.3 is 5.97 Å². The molecular formula is C11H18N2O3. The second-order valence-electron chi connectivity index (χ2n) is 4.46. The number of carbonyl (C=O) groups is 2. The number of rotatable bonds is 2. The van der Waals surface area contributed by atoms with Crippen LogP contribution in [-0.2, 0) is 14.3 Å². The Kier molecular flexibility index (Phi) is 3.43. The van der Waals surface area contributed by atoms with Crippen molar-refractivity contribution in [3.63, 3.8) is 0 Å². The lowest BCUT2D eigenvalue weighted by atomic mass is 10.1. The molecule has 0 spiro atoms. The predicted octanol–water partition coefficient (Wildman–Crippen LogP) is -0.0976. The summed E-state index contributed by atoms with van der Waals surface area (Å²) in [4.78, 5) is 24.5. The Bertz CT molecular complexity index is 287. The van der Waals surface area contributed by atoms with Crippen LogP contribution in [0.15, 0.2) is 0 Å². The highest BCUT2D eigenvalue weighted by Gasteiger charge is 2.36. The Morgan fingerprint density at radius 2 is 2.12 bits per heavy atom. The van der Waals surface area contributed by atoms with Gasteiger partial charge < -0.3 is 15.0 Å². The first-order chi connectivity index (χ1) is 7.66. The number of piperidine rings is 1. The number of carbonyl (C=O) groups excluding carboxylic acids is 2. The van der Waals surface area contributed by atoms with Crippen molar-refractivity contribution >= 4 is 11.9 Å². The Hall–Kier alpha value is -1.10.